The number of nitrogens with two attached hydrogens (primary N) is 2. The van der Waals surface area contributed by atoms with Crippen LogP contribution in [0.4, 0.5) is 20.2 Å². The molecule has 0 spiro atoms. The van der Waals surface area contributed by atoms with E-state index < -0.39 is 11.6 Å². The Kier molecular flexibility index (Phi) is 7.50. The molecular formula is C14H18F2N2O2. The number of halogens is 2. The van der Waals surface area contributed by atoms with E-state index in [-0.39, 0.29) is 22.9 Å². The maximum atomic E-state index is 12.2. The van der Waals surface area contributed by atoms with Crippen molar-refractivity contribution in [2.75, 3.05) is 11.5 Å². The molecule has 0 fully saturated rings. The molecule has 0 radical (unpaired) electrons. The van der Waals surface area contributed by atoms with Gasteiger partial charge in [-0.05, 0) is 24.3 Å². The average Bonchev–Trinajstić information content (AvgIpc) is 2.42. The molecule has 20 heavy (non-hydrogen) atoms. The summed E-state index contributed by atoms with van der Waals surface area (Å²) in [5, 5.41) is 17.5. The average molecular weight is 284 g/mol. The van der Waals surface area contributed by atoms with Crippen molar-refractivity contribution in [3.8, 4) is 11.5 Å². The van der Waals surface area contributed by atoms with Crippen LogP contribution in [0.5, 0.6) is 11.5 Å². The van der Waals surface area contributed by atoms with Crippen LogP contribution in [0.2, 0.25) is 0 Å². The van der Waals surface area contributed by atoms with Crippen LogP contribution in [0, 0.1) is 11.6 Å². The van der Waals surface area contributed by atoms with E-state index in [1.165, 1.54) is 18.2 Å². The Morgan fingerprint density at radius 3 is 1.65 bits per heavy atom. The molecule has 0 heterocycles. The van der Waals surface area contributed by atoms with Crippen LogP contribution < -0.4 is 11.5 Å². The van der Waals surface area contributed by atoms with Gasteiger partial charge in [-0.25, -0.2) is 8.78 Å². The van der Waals surface area contributed by atoms with Crippen LogP contribution in [-0.4, -0.2) is 10.2 Å². The summed E-state index contributed by atoms with van der Waals surface area (Å²) in [7, 11) is 0. The van der Waals surface area contributed by atoms with Gasteiger partial charge in [-0.1, -0.05) is 13.8 Å². The monoisotopic (exact) mass is 284 g/mol. The van der Waals surface area contributed by atoms with Gasteiger partial charge in [0.25, 0.3) is 0 Å². The summed E-state index contributed by atoms with van der Waals surface area (Å²) in [6, 6.07) is 6.89. The number of anilines is 2. The number of hydrogen-bond donors (Lipinski definition) is 4. The van der Waals surface area contributed by atoms with Crippen LogP contribution in [0.15, 0.2) is 36.4 Å². The normalized spacial score (nSPS) is 8.80. The second-order valence-electron chi connectivity index (χ2n) is 3.41. The van der Waals surface area contributed by atoms with Gasteiger partial charge >= 0.3 is 0 Å². The highest BCUT2D eigenvalue weighted by Gasteiger charge is 1.96. The standard InChI is InChI=1S/2C6H6FNO.C2H6/c7-4-1-2-6(9)5(8)3-4;7-4-1-2-5(8)6(9)3-4;1-2/h2*1-3,9H,8H2;1-2H3. The van der Waals surface area contributed by atoms with Crippen molar-refractivity contribution in [3.63, 3.8) is 0 Å². The quantitative estimate of drug-likeness (QED) is 0.441. The number of aromatic hydroxyl groups is 2. The molecule has 2 aromatic rings. The Morgan fingerprint density at radius 1 is 0.750 bits per heavy atom. The minimum atomic E-state index is -0.485. The van der Waals surface area contributed by atoms with Crippen LogP contribution in [0.3, 0.4) is 0 Å². The zero-order valence-corrected chi connectivity index (χ0v) is 11.3. The largest absolute Gasteiger partial charge is 0.506 e. The fourth-order valence-electron chi connectivity index (χ4n) is 1.04. The van der Waals surface area contributed by atoms with E-state index in [9.17, 15) is 8.78 Å². The molecule has 0 amide bonds. The second kappa shape index (κ2) is 8.58. The van der Waals surface area contributed by atoms with Gasteiger partial charge in [0.2, 0.25) is 0 Å². The zero-order chi connectivity index (χ0) is 15.7. The van der Waals surface area contributed by atoms with E-state index in [1.807, 2.05) is 13.8 Å². The predicted molar refractivity (Wildman–Crippen MR) is 76.3 cm³/mol. The highest BCUT2D eigenvalue weighted by Crippen LogP contribution is 2.19. The maximum absolute atomic E-state index is 12.2. The lowest BCUT2D eigenvalue weighted by Crippen LogP contribution is -1.85. The van der Waals surface area contributed by atoms with E-state index in [0.717, 1.165) is 18.2 Å². The Morgan fingerprint density at radius 2 is 1.25 bits per heavy atom. The third-order valence-corrected chi connectivity index (χ3v) is 1.98. The fraction of sp³-hybridized carbons (Fsp3) is 0.143. The molecule has 0 saturated heterocycles. The first kappa shape index (κ1) is 17.5. The van der Waals surface area contributed by atoms with Crippen LogP contribution in [-0.2, 0) is 0 Å². The van der Waals surface area contributed by atoms with Gasteiger partial charge in [-0.3, -0.25) is 0 Å². The molecule has 0 aliphatic carbocycles. The van der Waals surface area contributed by atoms with Gasteiger partial charge in [-0.2, -0.15) is 0 Å². The molecule has 110 valence electrons. The Bertz CT molecular complexity index is 499. The summed E-state index contributed by atoms with van der Waals surface area (Å²) >= 11 is 0. The summed E-state index contributed by atoms with van der Waals surface area (Å²) in [5.74, 6) is -1.22. The van der Waals surface area contributed by atoms with E-state index >= 15 is 0 Å². The van der Waals surface area contributed by atoms with E-state index in [1.54, 1.807) is 0 Å². The number of benzene rings is 2. The summed E-state index contributed by atoms with van der Waals surface area (Å²) in [6.07, 6.45) is 0. The topological polar surface area (TPSA) is 92.5 Å². The maximum Gasteiger partial charge on any atom is 0.141 e. The first-order valence-corrected chi connectivity index (χ1v) is 5.88. The zero-order valence-electron chi connectivity index (χ0n) is 11.3. The third kappa shape index (κ3) is 5.90. The smallest absolute Gasteiger partial charge is 0.141 e. The summed E-state index contributed by atoms with van der Waals surface area (Å²) in [6.45, 7) is 4.00. The second-order valence-corrected chi connectivity index (χ2v) is 3.41. The van der Waals surface area contributed by atoms with Gasteiger partial charge in [0.05, 0.1) is 11.4 Å². The number of nitrogen functional groups attached to an aromatic ring is 2. The van der Waals surface area contributed by atoms with E-state index in [2.05, 4.69) is 0 Å². The van der Waals surface area contributed by atoms with Crippen molar-refractivity contribution in [2.45, 2.75) is 13.8 Å². The number of phenolic OH excluding ortho intramolecular Hbond substituents is 2. The predicted octanol–water partition coefficient (Wildman–Crippen LogP) is 3.25. The molecule has 2 aromatic carbocycles. The third-order valence-electron chi connectivity index (χ3n) is 1.98. The minimum absolute atomic E-state index is 0.0648. The Hall–Kier alpha value is -2.50. The molecule has 4 nitrogen and oxygen atoms in total. The van der Waals surface area contributed by atoms with Gasteiger partial charge in [0.15, 0.2) is 0 Å². The van der Waals surface area contributed by atoms with E-state index in [4.69, 9.17) is 21.7 Å². The highest BCUT2D eigenvalue weighted by atomic mass is 19.1. The first-order chi connectivity index (χ1) is 9.40. The molecule has 6 N–H and O–H groups in total. The number of phenols is 2. The number of rotatable bonds is 0. The van der Waals surface area contributed by atoms with Crippen LogP contribution >= 0.6 is 0 Å². The van der Waals surface area contributed by atoms with Crippen LogP contribution in [0.1, 0.15) is 13.8 Å². The molecule has 0 aliphatic rings. The van der Waals surface area contributed by atoms with Gasteiger partial charge in [0.1, 0.15) is 23.1 Å². The van der Waals surface area contributed by atoms with Crippen molar-refractivity contribution < 1.29 is 19.0 Å². The van der Waals surface area contributed by atoms with Crippen LogP contribution in [0.25, 0.3) is 0 Å². The molecular weight excluding hydrogens is 266 g/mol. The van der Waals surface area contributed by atoms with E-state index in [0.29, 0.717) is 0 Å². The molecule has 6 heteroatoms. The fourth-order valence-corrected chi connectivity index (χ4v) is 1.04. The molecule has 0 aromatic heterocycles. The molecule has 0 atom stereocenters. The SMILES string of the molecule is CC.Nc1cc(F)ccc1O.Nc1ccc(F)cc1O. The summed E-state index contributed by atoms with van der Waals surface area (Å²) in [4.78, 5) is 0. The molecule has 2 rings (SSSR count). The van der Waals surface area contributed by atoms with Crippen molar-refractivity contribution in [2.24, 2.45) is 0 Å². The summed E-state index contributed by atoms with van der Waals surface area (Å²) in [5.41, 5.74) is 10.6. The summed E-state index contributed by atoms with van der Waals surface area (Å²) < 4.78 is 24.3. The molecule has 0 bridgehead atoms. The highest BCUT2D eigenvalue weighted by molar-refractivity contribution is 5.51. The van der Waals surface area contributed by atoms with Gasteiger partial charge < -0.3 is 21.7 Å². The first-order valence-electron chi connectivity index (χ1n) is 5.88. The minimum Gasteiger partial charge on any atom is -0.506 e. The van der Waals surface area contributed by atoms with Crippen molar-refractivity contribution >= 4 is 11.4 Å². The Labute approximate surface area is 116 Å². The molecule has 0 saturated carbocycles. The lowest BCUT2D eigenvalue weighted by molar-refractivity contribution is 0.472. The van der Waals surface area contributed by atoms with Crippen molar-refractivity contribution in [3.05, 3.63) is 48.0 Å². The number of hydrogen-bond acceptors (Lipinski definition) is 4. The lowest BCUT2D eigenvalue weighted by atomic mass is 10.3. The molecule has 0 aliphatic heterocycles. The Balaban J connectivity index is 0.000000321. The van der Waals surface area contributed by atoms with Crippen molar-refractivity contribution in [1.82, 2.24) is 0 Å². The lowest BCUT2D eigenvalue weighted by Gasteiger charge is -1.94. The van der Waals surface area contributed by atoms with Gasteiger partial charge in [-0.15, -0.1) is 0 Å². The molecule has 0 unspecified atom stereocenters. The van der Waals surface area contributed by atoms with Crippen molar-refractivity contribution in [1.29, 1.82) is 0 Å². The van der Waals surface area contributed by atoms with Gasteiger partial charge in [0, 0.05) is 12.1 Å².